The van der Waals surface area contributed by atoms with Crippen LogP contribution in [0.3, 0.4) is 0 Å². The molecule has 8 heteroatoms. The quantitative estimate of drug-likeness (QED) is 0.0340. The minimum Gasteiger partial charge on any atom is -0.544 e. The Hall–Kier alpha value is -1.67. The van der Waals surface area contributed by atoms with E-state index in [1.165, 1.54) is 231 Å². The molecule has 2 unspecified atom stereocenters. The molecule has 8 nitrogen and oxygen atoms in total. The van der Waals surface area contributed by atoms with E-state index in [1.54, 1.807) is 0 Å². The summed E-state index contributed by atoms with van der Waals surface area (Å²) in [4.78, 5) is 37.1. The van der Waals surface area contributed by atoms with E-state index in [4.69, 9.17) is 14.2 Å². The molecule has 0 saturated carbocycles. The normalized spacial score (nSPS) is 12.7. The summed E-state index contributed by atoms with van der Waals surface area (Å²) in [5, 5.41) is 11.7. The van der Waals surface area contributed by atoms with Gasteiger partial charge in [0.05, 0.1) is 40.3 Å². The molecule has 0 spiro atoms. The number of rotatable bonds is 54. The van der Waals surface area contributed by atoms with Gasteiger partial charge in [-0.2, -0.15) is 0 Å². The van der Waals surface area contributed by atoms with Crippen LogP contribution in [0, 0.1) is 0 Å². The molecule has 0 radical (unpaired) electrons. The lowest BCUT2D eigenvalue weighted by atomic mass is 10.0. The molecule has 0 heterocycles. The number of esters is 2. The van der Waals surface area contributed by atoms with Gasteiger partial charge in [-0.25, -0.2) is 0 Å². The van der Waals surface area contributed by atoms with Gasteiger partial charge in [0.2, 0.25) is 0 Å². The van der Waals surface area contributed by atoms with E-state index in [0.717, 1.165) is 38.5 Å². The number of carbonyl (C=O) groups excluding carboxylic acids is 3. The fourth-order valence-corrected chi connectivity index (χ4v) is 9.25. The Morgan fingerprint density at radius 1 is 0.394 bits per heavy atom. The molecule has 392 valence electrons. The molecule has 0 saturated heterocycles. The van der Waals surface area contributed by atoms with Crippen molar-refractivity contribution in [2.75, 3.05) is 41.0 Å². The number of carboxylic acids is 1. The Kier molecular flexibility index (Phi) is 48.5. The predicted molar refractivity (Wildman–Crippen MR) is 278 cm³/mol. The van der Waals surface area contributed by atoms with Crippen LogP contribution in [-0.2, 0) is 28.6 Å². The summed E-state index contributed by atoms with van der Waals surface area (Å²) in [5.41, 5.74) is 0. The van der Waals surface area contributed by atoms with E-state index >= 15 is 0 Å². The molecule has 0 bridgehead atoms. The molecule has 0 fully saturated rings. The van der Waals surface area contributed by atoms with Crippen LogP contribution in [0.4, 0.5) is 0 Å². The van der Waals surface area contributed by atoms with Gasteiger partial charge in [-0.05, 0) is 12.8 Å². The zero-order valence-electron chi connectivity index (χ0n) is 44.9. The summed E-state index contributed by atoms with van der Waals surface area (Å²) < 4.78 is 17.3. The first kappa shape index (κ1) is 64.3. The minimum absolute atomic E-state index is 0.0502. The van der Waals surface area contributed by atoms with Crippen LogP contribution < -0.4 is 5.11 Å². The average molecular weight is 937 g/mol. The third kappa shape index (κ3) is 47.4. The second-order valence-corrected chi connectivity index (χ2v) is 21.3. The molecule has 0 rings (SSSR count). The monoisotopic (exact) mass is 936 g/mol. The van der Waals surface area contributed by atoms with Gasteiger partial charge in [-0.15, -0.1) is 0 Å². The molecule has 66 heavy (non-hydrogen) atoms. The van der Waals surface area contributed by atoms with Crippen LogP contribution in [0.15, 0.2) is 0 Å². The summed E-state index contributed by atoms with van der Waals surface area (Å²) in [6, 6.07) is -0.720. The van der Waals surface area contributed by atoms with E-state index in [9.17, 15) is 19.5 Å². The molecule has 0 amide bonds. The second-order valence-electron chi connectivity index (χ2n) is 21.3. The Morgan fingerprint density at radius 3 is 0.939 bits per heavy atom. The SMILES string of the molecule is CCCCCCCCCCCCCCCCCCCCCCCCCCC(=O)OC(COCCC(C(=O)[O-])[N+](C)(C)C)COC(=O)CCCCCCCCCCCCCCCCCCCC. The van der Waals surface area contributed by atoms with Crippen LogP contribution in [0.25, 0.3) is 0 Å². The van der Waals surface area contributed by atoms with Gasteiger partial charge in [0.15, 0.2) is 6.10 Å². The molecule has 0 aliphatic rings. The van der Waals surface area contributed by atoms with E-state index in [1.807, 2.05) is 21.1 Å². The number of carbonyl (C=O) groups is 3. The van der Waals surface area contributed by atoms with Gasteiger partial charge >= 0.3 is 11.9 Å². The van der Waals surface area contributed by atoms with Gasteiger partial charge in [-0.1, -0.05) is 271 Å². The highest BCUT2D eigenvalue weighted by Crippen LogP contribution is 2.18. The van der Waals surface area contributed by atoms with Crippen LogP contribution in [-0.4, -0.2) is 75.5 Å². The number of unbranched alkanes of at least 4 members (excludes halogenated alkanes) is 40. The van der Waals surface area contributed by atoms with Crippen molar-refractivity contribution in [3.63, 3.8) is 0 Å². The zero-order chi connectivity index (χ0) is 48.4. The largest absolute Gasteiger partial charge is 0.544 e. The summed E-state index contributed by atoms with van der Waals surface area (Å²) in [6.07, 6.45) is 55.8. The van der Waals surface area contributed by atoms with Gasteiger partial charge in [0.1, 0.15) is 12.6 Å². The van der Waals surface area contributed by atoms with Crippen molar-refractivity contribution in [3.8, 4) is 0 Å². The van der Waals surface area contributed by atoms with Gasteiger partial charge in [0.25, 0.3) is 0 Å². The summed E-state index contributed by atoms with van der Waals surface area (Å²) >= 11 is 0. The van der Waals surface area contributed by atoms with Crippen LogP contribution >= 0.6 is 0 Å². The van der Waals surface area contributed by atoms with Gasteiger partial charge < -0.3 is 28.6 Å². The Morgan fingerprint density at radius 2 is 0.667 bits per heavy atom. The van der Waals surface area contributed by atoms with E-state index < -0.39 is 18.1 Å². The number of carboxylic acid groups (broad SMARTS) is 1. The fourth-order valence-electron chi connectivity index (χ4n) is 9.25. The number of hydrogen-bond acceptors (Lipinski definition) is 7. The maximum absolute atomic E-state index is 12.8. The van der Waals surface area contributed by atoms with Crippen molar-refractivity contribution in [1.82, 2.24) is 0 Å². The lowest BCUT2D eigenvalue weighted by molar-refractivity contribution is -0.889. The standard InChI is InChI=1S/C58H113NO7/c1-6-8-10-12-14-16-18-20-22-24-26-27-28-29-30-31-33-35-37-39-41-43-45-47-49-57(61)66-54(52-64-51-50-55(58(62)63)59(3,4)5)53-65-56(60)48-46-44-42-40-38-36-34-32-25-23-21-19-17-15-13-11-9-7-2/h54-55H,6-53H2,1-5H3. The molecule has 0 aromatic heterocycles. The first-order valence-electron chi connectivity index (χ1n) is 29.1. The molecular formula is C58H113NO7. The number of ether oxygens (including phenoxy) is 3. The highest BCUT2D eigenvalue weighted by atomic mass is 16.6. The smallest absolute Gasteiger partial charge is 0.306 e. The fraction of sp³-hybridized carbons (Fsp3) is 0.948. The molecule has 0 aliphatic heterocycles. The van der Waals surface area contributed by atoms with Crippen molar-refractivity contribution < 1.29 is 38.2 Å². The van der Waals surface area contributed by atoms with Crippen LogP contribution in [0.2, 0.25) is 0 Å². The molecule has 0 aliphatic carbocycles. The summed E-state index contributed by atoms with van der Waals surface area (Å²) in [5.74, 6) is -1.70. The Labute approximate surface area is 410 Å². The molecule has 0 N–H and O–H groups in total. The van der Waals surface area contributed by atoms with E-state index in [2.05, 4.69) is 13.8 Å². The second kappa shape index (κ2) is 49.7. The predicted octanol–water partition coefficient (Wildman–Crippen LogP) is 15.9. The molecule has 2 atom stereocenters. The van der Waals surface area contributed by atoms with Crippen molar-refractivity contribution >= 4 is 17.9 Å². The topological polar surface area (TPSA) is 102 Å². The Balaban J connectivity index is 4.09. The maximum atomic E-state index is 12.8. The first-order chi connectivity index (χ1) is 32.1. The van der Waals surface area contributed by atoms with Crippen LogP contribution in [0.1, 0.15) is 303 Å². The highest BCUT2D eigenvalue weighted by molar-refractivity contribution is 5.70. The highest BCUT2D eigenvalue weighted by Gasteiger charge is 2.25. The average Bonchev–Trinajstić information content (AvgIpc) is 3.28. The van der Waals surface area contributed by atoms with Crippen molar-refractivity contribution in [2.45, 2.75) is 315 Å². The van der Waals surface area contributed by atoms with Gasteiger partial charge in [0, 0.05) is 19.3 Å². The summed E-state index contributed by atoms with van der Waals surface area (Å²) in [7, 11) is 5.44. The molecular weight excluding hydrogens is 823 g/mol. The third-order valence-electron chi connectivity index (χ3n) is 13.7. The number of aliphatic carboxylic acids is 1. The zero-order valence-corrected chi connectivity index (χ0v) is 44.9. The van der Waals surface area contributed by atoms with Gasteiger partial charge in [-0.3, -0.25) is 9.59 Å². The molecule has 0 aromatic rings. The summed E-state index contributed by atoms with van der Waals surface area (Å²) in [6.45, 7) is 4.74. The third-order valence-corrected chi connectivity index (χ3v) is 13.7. The van der Waals surface area contributed by atoms with E-state index in [0.29, 0.717) is 12.8 Å². The first-order valence-corrected chi connectivity index (χ1v) is 29.1. The number of nitrogens with zero attached hydrogens (tertiary/aromatic N) is 1. The Bertz CT molecular complexity index is 1050. The number of likely N-dealkylation sites (N-methyl/N-ethyl adjacent to an activating group) is 1. The maximum Gasteiger partial charge on any atom is 0.306 e. The number of hydrogen-bond donors (Lipinski definition) is 0. The lowest BCUT2D eigenvalue weighted by Gasteiger charge is -2.34. The number of quaternary nitrogens is 1. The van der Waals surface area contributed by atoms with Crippen molar-refractivity contribution in [2.24, 2.45) is 0 Å². The van der Waals surface area contributed by atoms with Crippen molar-refractivity contribution in [3.05, 3.63) is 0 Å². The molecule has 0 aromatic carbocycles. The lowest BCUT2D eigenvalue weighted by Crippen LogP contribution is -2.55. The van der Waals surface area contributed by atoms with Crippen LogP contribution in [0.5, 0.6) is 0 Å². The minimum atomic E-state index is -1.12. The van der Waals surface area contributed by atoms with E-state index in [-0.39, 0.29) is 42.7 Å². The van der Waals surface area contributed by atoms with Crippen molar-refractivity contribution in [1.29, 1.82) is 0 Å².